The fourth-order valence-electron chi connectivity index (χ4n) is 2.62. The van der Waals surface area contributed by atoms with Crippen molar-refractivity contribution in [1.82, 2.24) is 20.0 Å². The fraction of sp³-hybridized carbons (Fsp3) is 0.312. The quantitative estimate of drug-likeness (QED) is 0.837. The van der Waals surface area contributed by atoms with E-state index in [1.165, 1.54) is 6.08 Å². The van der Waals surface area contributed by atoms with E-state index in [9.17, 15) is 9.59 Å². The number of aryl methyl sites for hydroxylation is 1. The van der Waals surface area contributed by atoms with Gasteiger partial charge in [-0.25, -0.2) is 0 Å². The molecule has 0 saturated heterocycles. The highest BCUT2D eigenvalue weighted by molar-refractivity contribution is 6.34. The van der Waals surface area contributed by atoms with Crippen LogP contribution in [0.5, 0.6) is 0 Å². The number of carbonyl (C=O) groups is 2. The first-order valence-corrected chi connectivity index (χ1v) is 7.24. The summed E-state index contributed by atoms with van der Waals surface area (Å²) in [6, 6.07) is 7.77. The van der Waals surface area contributed by atoms with Crippen molar-refractivity contribution in [2.24, 2.45) is 0 Å². The Labute approximate surface area is 128 Å². The maximum absolute atomic E-state index is 11.9. The van der Waals surface area contributed by atoms with Crippen LogP contribution in [0.25, 0.3) is 16.5 Å². The van der Waals surface area contributed by atoms with Crippen molar-refractivity contribution < 1.29 is 9.59 Å². The molecule has 0 fully saturated rings. The summed E-state index contributed by atoms with van der Waals surface area (Å²) in [5, 5.41) is 7.73. The first-order chi connectivity index (χ1) is 10.6. The minimum Gasteiger partial charge on any atom is -0.309 e. The number of hydrogen-bond acceptors (Lipinski definition) is 4. The Morgan fingerprint density at radius 3 is 2.68 bits per heavy atom. The predicted octanol–water partition coefficient (Wildman–Crippen LogP) is 1.03. The molecule has 114 valence electrons. The van der Waals surface area contributed by atoms with Crippen molar-refractivity contribution in [2.45, 2.75) is 13.0 Å². The van der Waals surface area contributed by atoms with E-state index in [1.54, 1.807) is 0 Å². The summed E-state index contributed by atoms with van der Waals surface area (Å²) in [6.45, 7) is 1.73. The highest BCUT2D eigenvalue weighted by Gasteiger charge is 2.26. The second-order valence-electron chi connectivity index (χ2n) is 5.62. The third-order valence-electron chi connectivity index (χ3n) is 3.65. The Balaban J connectivity index is 1.99. The first kappa shape index (κ1) is 14.5. The highest BCUT2D eigenvalue weighted by atomic mass is 16.2. The molecule has 2 aromatic rings. The number of amides is 2. The average Bonchev–Trinajstić information content (AvgIpc) is 2.99. The number of nitrogens with one attached hydrogen (secondary N) is 1. The Morgan fingerprint density at radius 1 is 1.23 bits per heavy atom. The zero-order valence-corrected chi connectivity index (χ0v) is 12.7. The van der Waals surface area contributed by atoms with Gasteiger partial charge in [0.25, 0.3) is 11.8 Å². The van der Waals surface area contributed by atoms with Crippen LogP contribution in [0, 0.1) is 0 Å². The zero-order chi connectivity index (χ0) is 15.7. The molecule has 2 amide bonds. The lowest BCUT2D eigenvalue weighted by molar-refractivity contribution is -0.123. The van der Waals surface area contributed by atoms with Gasteiger partial charge in [-0.3, -0.25) is 19.6 Å². The molecular weight excluding hydrogens is 280 g/mol. The van der Waals surface area contributed by atoms with E-state index in [-0.39, 0.29) is 11.8 Å². The van der Waals surface area contributed by atoms with Gasteiger partial charge in [-0.15, -0.1) is 0 Å². The average molecular weight is 298 g/mol. The van der Waals surface area contributed by atoms with Gasteiger partial charge < -0.3 is 4.90 Å². The second-order valence-corrected chi connectivity index (χ2v) is 5.62. The number of carbonyl (C=O) groups excluding carboxylic acids is 2. The maximum atomic E-state index is 11.9. The van der Waals surface area contributed by atoms with Crippen LogP contribution in [0.3, 0.4) is 0 Å². The normalized spacial score (nSPS) is 14.8. The van der Waals surface area contributed by atoms with Crippen molar-refractivity contribution in [3.05, 3.63) is 36.0 Å². The lowest BCUT2D eigenvalue weighted by atomic mass is 10.1. The molecule has 1 N–H and O–H groups in total. The number of nitrogens with zero attached hydrogens (tertiary/aromatic N) is 3. The molecule has 6 nitrogen and oxygen atoms in total. The van der Waals surface area contributed by atoms with E-state index >= 15 is 0 Å². The summed E-state index contributed by atoms with van der Waals surface area (Å²) < 4.78 is 1.91. The molecule has 0 radical (unpaired) electrons. The first-order valence-electron chi connectivity index (χ1n) is 7.24. The van der Waals surface area contributed by atoms with Crippen LogP contribution in [-0.2, 0) is 16.1 Å². The Hall–Kier alpha value is -2.47. The van der Waals surface area contributed by atoms with Crippen molar-refractivity contribution in [3.8, 4) is 0 Å². The van der Waals surface area contributed by atoms with Crippen LogP contribution >= 0.6 is 0 Å². The van der Waals surface area contributed by atoms with E-state index in [0.29, 0.717) is 11.3 Å². The summed E-state index contributed by atoms with van der Waals surface area (Å²) in [5.74, 6) is -0.764. The van der Waals surface area contributed by atoms with Crippen LogP contribution < -0.4 is 5.32 Å². The fourth-order valence-corrected chi connectivity index (χ4v) is 2.62. The molecule has 6 heteroatoms. The summed E-state index contributed by atoms with van der Waals surface area (Å²) in [7, 11) is 4.07. The predicted molar refractivity (Wildman–Crippen MR) is 84.0 cm³/mol. The van der Waals surface area contributed by atoms with E-state index in [1.807, 2.05) is 43.0 Å². The molecule has 0 saturated carbocycles. The number of fused-ring (bicyclic) bond motifs is 1. The molecule has 2 heterocycles. The van der Waals surface area contributed by atoms with E-state index in [4.69, 9.17) is 0 Å². The van der Waals surface area contributed by atoms with Crippen molar-refractivity contribution in [1.29, 1.82) is 0 Å². The number of hydrogen-bond donors (Lipinski definition) is 1. The van der Waals surface area contributed by atoms with Gasteiger partial charge in [0.05, 0.1) is 11.1 Å². The van der Waals surface area contributed by atoms with Crippen molar-refractivity contribution in [3.63, 3.8) is 0 Å². The molecule has 1 aliphatic heterocycles. The standard InChI is InChI=1S/C16H18N4O2/c1-19(2)8-5-9-20-13-7-4-3-6-11(13)15(18-20)12-10-14(21)17-16(12)22/h3-4,6-7,10H,5,8-9H2,1-2H3,(H,17,21,22). The topological polar surface area (TPSA) is 67.2 Å². The molecule has 0 unspecified atom stereocenters. The SMILES string of the molecule is CN(C)CCCn1nc(C2=CC(=O)NC2=O)c2ccccc21. The number of benzene rings is 1. The molecular formula is C16H18N4O2. The van der Waals surface area contributed by atoms with Crippen LogP contribution in [0.2, 0.25) is 0 Å². The largest absolute Gasteiger partial charge is 0.309 e. The maximum Gasteiger partial charge on any atom is 0.260 e. The zero-order valence-electron chi connectivity index (χ0n) is 12.7. The summed E-state index contributed by atoms with van der Waals surface area (Å²) in [5.41, 5.74) is 1.89. The summed E-state index contributed by atoms with van der Waals surface area (Å²) in [4.78, 5) is 25.4. The molecule has 0 atom stereocenters. The van der Waals surface area contributed by atoms with Gasteiger partial charge in [0.2, 0.25) is 0 Å². The number of imide groups is 1. The smallest absolute Gasteiger partial charge is 0.260 e. The van der Waals surface area contributed by atoms with Crippen LogP contribution in [-0.4, -0.2) is 47.1 Å². The van der Waals surface area contributed by atoms with Gasteiger partial charge >= 0.3 is 0 Å². The lowest BCUT2D eigenvalue weighted by Gasteiger charge is -2.09. The van der Waals surface area contributed by atoms with Gasteiger partial charge in [0, 0.05) is 18.0 Å². The third kappa shape index (κ3) is 2.65. The number of aromatic nitrogens is 2. The van der Waals surface area contributed by atoms with Gasteiger partial charge in [-0.05, 0) is 33.1 Å². The number of rotatable bonds is 5. The monoisotopic (exact) mass is 298 g/mol. The van der Waals surface area contributed by atoms with Crippen LogP contribution in [0.4, 0.5) is 0 Å². The molecule has 3 rings (SSSR count). The number of para-hydroxylation sites is 1. The van der Waals surface area contributed by atoms with Crippen molar-refractivity contribution in [2.75, 3.05) is 20.6 Å². The highest BCUT2D eigenvalue weighted by Crippen LogP contribution is 2.26. The molecule has 1 aromatic heterocycles. The van der Waals surface area contributed by atoms with E-state index in [2.05, 4.69) is 15.3 Å². The molecule has 0 spiro atoms. The Bertz CT molecular complexity index is 774. The summed E-state index contributed by atoms with van der Waals surface area (Å²) >= 11 is 0. The van der Waals surface area contributed by atoms with E-state index < -0.39 is 0 Å². The van der Waals surface area contributed by atoms with Gasteiger partial charge in [0.1, 0.15) is 5.69 Å². The molecule has 0 aliphatic carbocycles. The lowest BCUT2D eigenvalue weighted by Crippen LogP contribution is -2.22. The molecule has 0 bridgehead atoms. The minimum absolute atomic E-state index is 0.340. The second kappa shape index (κ2) is 5.73. The van der Waals surface area contributed by atoms with Gasteiger partial charge in [-0.1, -0.05) is 18.2 Å². The summed E-state index contributed by atoms with van der Waals surface area (Å²) in [6.07, 6.45) is 2.28. The van der Waals surface area contributed by atoms with E-state index in [0.717, 1.165) is 30.4 Å². The van der Waals surface area contributed by atoms with Crippen LogP contribution in [0.15, 0.2) is 30.3 Å². The minimum atomic E-state index is -0.383. The Morgan fingerprint density at radius 2 is 2.00 bits per heavy atom. The van der Waals surface area contributed by atoms with Crippen molar-refractivity contribution >= 4 is 28.3 Å². The molecule has 1 aliphatic rings. The van der Waals surface area contributed by atoms with Gasteiger partial charge in [0.15, 0.2) is 0 Å². The Kier molecular flexibility index (Phi) is 3.77. The molecule has 22 heavy (non-hydrogen) atoms. The van der Waals surface area contributed by atoms with Crippen LogP contribution in [0.1, 0.15) is 12.1 Å². The molecule has 1 aromatic carbocycles. The third-order valence-corrected chi connectivity index (χ3v) is 3.65. The van der Waals surface area contributed by atoms with Gasteiger partial charge in [-0.2, -0.15) is 5.10 Å².